The van der Waals surface area contributed by atoms with E-state index in [9.17, 15) is 9.59 Å². The molecule has 0 aliphatic heterocycles. The zero-order valence-corrected chi connectivity index (χ0v) is 21.3. The third kappa shape index (κ3) is 5.98. The van der Waals surface area contributed by atoms with Gasteiger partial charge in [0.15, 0.2) is 11.5 Å². The summed E-state index contributed by atoms with van der Waals surface area (Å²) in [5.41, 5.74) is 4.26. The van der Waals surface area contributed by atoms with Gasteiger partial charge in [-0.25, -0.2) is 9.67 Å². The van der Waals surface area contributed by atoms with E-state index < -0.39 is 0 Å². The lowest BCUT2D eigenvalue weighted by atomic mass is 10.1. The molecule has 0 spiro atoms. The molecule has 0 unspecified atom stereocenters. The molecule has 1 amide bonds. The lowest BCUT2D eigenvalue weighted by Crippen LogP contribution is -2.34. The third-order valence-electron chi connectivity index (χ3n) is 5.70. The number of methoxy groups -OCH3 is 2. The van der Waals surface area contributed by atoms with Crippen LogP contribution in [0.3, 0.4) is 0 Å². The summed E-state index contributed by atoms with van der Waals surface area (Å²) < 4.78 is 11.8. The average Bonchev–Trinajstić information content (AvgIpc) is 3.38. The van der Waals surface area contributed by atoms with Crippen LogP contribution in [0.25, 0.3) is 21.8 Å². The van der Waals surface area contributed by atoms with Crippen LogP contribution in [0.1, 0.15) is 18.2 Å². The first kappa shape index (κ1) is 25.1. The first-order valence-corrected chi connectivity index (χ1v) is 12.5. The van der Waals surface area contributed by atoms with Crippen molar-refractivity contribution in [1.29, 1.82) is 0 Å². The minimum atomic E-state index is -0.321. The summed E-state index contributed by atoms with van der Waals surface area (Å²) in [6.45, 7) is 2.35. The quantitative estimate of drug-likeness (QED) is 0.351. The molecule has 0 aliphatic carbocycles. The molecule has 0 saturated heterocycles. The molecule has 2 heterocycles. The molecule has 1 N–H and O–H groups in total. The summed E-state index contributed by atoms with van der Waals surface area (Å²) >= 11 is 1.52. The Kier molecular flexibility index (Phi) is 8.12. The van der Waals surface area contributed by atoms with Gasteiger partial charge >= 0.3 is 0 Å². The van der Waals surface area contributed by atoms with Crippen molar-refractivity contribution in [2.45, 2.75) is 26.3 Å². The van der Waals surface area contributed by atoms with Crippen LogP contribution in [-0.2, 0) is 24.2 Å². The van der Waals surface area contributed by atoms with Gasteiger partial charge in [0.25, 0.3) is 5.56 Å². The Morgan fingerprint density at radius 3 is 2.47 bits per heavy atom. The number of rotatable bonds is 10. The van der Waals surface area contributed by atoms with E-state index >= 15 is 0 Å². The van der Waals surface area contributed by atoms with Crippen LogP contribution in [-0.4, -0.2) is 41.4 Å². The van der Waals surface area contributed by atoms with Crippen LogP contribution >= 0.6 is 11.3 Å². The molecule has 0 bridgehead atoms. The highest BCUT2D eigenvalue weighted by molar-refractivity contribution is 7.13. The van der Waals surface area contributed by atoms with Crippen LogP contribution in [0.2, 0.25) is 0 Å². The van der Waals surface area contributed by atoms with Gasteiger partial charge in [0.2, 0.25) is 5.91 Å². The summed E-state index contributed by atoms with van der Waals surface area (Å²) in [5, 5.41) is 10.1. The molecular formula is C27H28N4O4S. The number of carbonyl (C=O) groups excluding carboxylic acids is 1. The fraction of sp³-hybridized carbons (Fsp3) is 0.259. The molecular weight excluding hydrogens is 476 g/mol. The van der Waals surface area contributed by atoms with Gasteiger partial charge in [0.1, 0.15) is 11.6 Å². The van der Waals surface area contributed by atoms with Gasteiger partial charge in [-0.05, 0) is 36.2 Å². The molecule has 0 atom stereocenters. The van der Waals surface area contributed by atoms with Crippen molar-refractivity contribution in [1.82, 2.24) is 20.1 Å². The number of aromatic nitrogens is 3. The average molecular weight is 505 g/mol. The minimum Gasteiger partial charge on any atom is -0.493 e. The smallest absolute Gasteiger partial charge is 0.267 e. The molecule has 2 aromatic carbocycles. The summed E-state index contributed by atoms with van der Waals surface area (Å²) in [7, 11) is 3.20. The fourth-order valence-corrected chi connectivity index (χ4v) is 4.52. The maximum atomic E-state index is 12.5. The number of thiazole rings is 1. The molecule has 4 rings (SSSR count). The number of ether oxygens (including phenoxy) is 2. The number of amides is 1. The molecule has 9 heteroatoms. The predicted molar refractivity (Wildman–Crippen MR) is 141 cm³/mol. The first-order valence-electron chi connectivity index (χ1n) is 11.6. The highest BCUT2D eigenvalue weighted by Gasteiger charge is 2.11. The molecule has 0 fully saturated rings. The van der Waals surface area contributed by atoms with Gasteiger partial charge in [-0.3, -0.25) is 9.59 Å². The molecule has 0 radical (unpaired) electrons. The van der Waals surface area contributed by atoms with Crippen molar-refractivity contribution in [2.75, 3.05) is 20.8 Å². The Balaban J connectivity index is 1.34. The molecule has 2 aromatic heterocycles. The van der Waals surface area contributed by atoms with E-state index in [1.54, 1.807) is 20.3 Å². The summed E-state index contributed by atoms with van der Waals surface area (Å²) in [5.74, 6) is 1.03. The summed E-state index contributed by atoms with van der Waals surface area (Å²) in [6.07, 6.45) is 1.52. The zero-order valence-electron chi connectivity index (χ0n) is 20.5. The van der Waals surface area contributed by atoms with Gasteiger partial charge in [0.05, 0.1) is 25.6 Å². The Bertz CT molecular complexity index is 1400. The lowest BCUT2D eigenvalue weighted by molar-refractivity contribution is -0.121. The number of benzene rings is 2. The number of aryl methyl sites for hydroxylation is 1. The second-order valence-electron chi connectivity index (χ2n) is 8.08. The standard InChI is InChI=1S/C27H28N4O4S/c1-4-18-5-7-19(8-6-18)22-10-12-26(33)31(30-22)16-25(32)28-14-13-21-17-36-27(29-21)20-9-11-23(34-2)24(15-20)35-3/h5-12,15,17H,4,13-14,16H2,1-3H3,(H,28,32). The topological polar surface area (TPSA) is 95.3 Å². The van der Waals surface area contributed by atoms with Gasteiger partial charge < -0.3 is 14.8 Å². The monoisotopic (exact) mass is 504 g/mol. The van der Waals surface area contributed by atoms with Gasteiger partial charge in [-0.2, -0.15) is 5.10 Å². The number of nitrogens with one attached hydrogen (secondary N) is 1. The van der Waals surface area contributed by atoms with Crippen LogP contribution in [0.5, 0.6) is 11.5 Å². The van der Waals surface area contributed by atoms with Crippen LogP contribution in [0.4, 0.5) is 0 Å². The van der Waals surface area contributed by atoms with Crippen molar-refractivity contribution in [3.63, 3.8) is 0 Å². The van der Waals surface area contributed by atoms with Crippen LogP contribution in [0.15, 0.2) is 64.8 Å². The van der Waals surface area contributed by atoms with Crippen molar-refractivity contribution in [2.24, 2.45) is 0 Å². The summed E-state index contributed by atoms with van der Waals surface area (Å²) in [4.78, 5) is 29.4. The van der Waals surface area contributed by atoms with Crippen molar-refractivity contribution in [3.8, 4) is 33.3 Å². The second-order valence-corrected chi connectivity index (χ2v) is 8.94. The van der Waals surface area contributed by atoms with E-state index in [1.165, 1.54) is 27.6 Å². The highest BCUT2D eigenvalue weighted by Crippen LogP contribution is 2.33. The van der Waals surface area contributed by atoms with Crippen molar-refractivity contribution < 1.29 is 14.3 Å². The Labute approximate surface area is 213 Å². The van der Waals surface area contributed by atoms with Crippen LogP contribution < -0.4 is 20.3 Å². The van der Waals surface area contributed by atoms with E-state index in [0.717, 1.165) is 28.2 Å². The van der Waals surface area contributed by atoms with E-state index in [4.69, 9.17) is 9.47 Å². The van der Waals surface area contributed by atoms with Crippen LogP contribution in [0, 0.1) is 0 Å². The van der Waals surface area contributed by atoms with E-state index in [2.05, 4.69) is 22.3 Å². The number of hydrogen-bond acceptors (Lipinski definition) is 7. The zero-order chi connectivity index (χ0) is 25.5. The molecule has 4 aromatic rings. The number of nitrogens with zero attached hydrogens (tertiary/aromatic N) is 3. The van der Waals surface area contributed by atoms with Crippen molar-refractivity contribution >= 4 is 17.2 Å². The SMILES string of the molecule is CCc1ccc(-c2ccc(=O)n(CC(=O)NCCc3csc(-c4ccc(OC)c(OC)c4)n3)n2)cc1. The van der Waals surface area contributed by atoms with Gasteiger partial charge in [-0.1, -0.05) is 31.2 Å². The molecule has 0 saturated carbocycles. The van der Waals surface area contributed by atoms with E-state index in [0.29, 0.717) is 30.2 Å². The largest absolute Gasteiger partial charge is 0.493 e. The fourth-order valence-electron chi connectivity index (χ4n) is 3.67. The molecule has 0 aliphatic rings. The number of carbonyl (C=O) groups is 1. The normalized spacial score (nSPS) is 10.8. The first-order chi connectivity index (χ1) is 17.5. The van der Waals surface area contributed by atoms with E-state index in [-0.39, 0.29) is 18.0 Å². The number of hydrogen-bond donors (Lipinski definition) is 1. The van der Waals surface area contributed by atoms with Crippen molar-refractivity contribution in [3.05, 3.63) is 81.6 Å². The maximum absolute atomic E-state index is 12.5. The predicted octanol–water partition coefficient (Wildman–Crippen LogP) is 3.97. The maximum Gasteiger partial charge on any atom is 0.267 e. The molecule has 8 nitrogen and oxygen atoms in total. The van der Waals surface area contributed by atoms with E-state index in [1.807, 2.05) is 47.8 Å². The third-order valence-corrected chi connectivity index (χ3v) is 6.64. The Morgan fingerprint density at radius 2 is 1.75 bits per heavy atom. The molecule has 186 valence electrons. The molecule has 36 heavy (non-hydrogen) atoms. The Hall–Kier alpha value is -3.98. The Morgan fingerprint density at radius 1 is 1.00 bits per heavy atom. The van der Waals surface area contributed by atoms with Gasteiger partial charge in [0, 0.05) is 35.5 Å². The minimum absolute atomic E-state index is 0.145. The van der Waals surface area contributed by atoms with Gasteiger partial charge in [-0.15, -0.1) is 11.3 Å². The second kappa shape index (κ2) is 11.6. The highest BCUT2D eigenvalue weighted by atomic mass is 32.1. The lowest BCUT2D eigenvalue weighted by Gasteiger charge is -2.08. The summed E-state index contributed by atoms with van der Waals surface area (Å²) in [6, 6.07) is 16.8.